The Morgan fingerprint density at radius 3 is 2.53 bits per heavy atom. The standard InChI is InChI=1S/C22H20N4O4/c1-13(18-11-14-7-3-6-10-17(14)30-18)24-19(27)12-26-22(29)16-9-5-4-8-15(16)20(25-26)21(28)23-2/h3-11,13H,12H2,1-2H3,(H,23,28)(H,24,27). The number of hydrogen-bond acceptors (Lipinski definition) is 5. The first-order valence-electron chi connectivity index (χ1n) is 9.47. The molecule has 2 aromatic carbocycles. The van der Waals surface area contributed by atoms with Crippen molar-refractivity contribution in [2.45, 2.75) is 19.5 Å². The van der Waals surface area contributed by atoms with Gasteiger partial charge in [-0.25, -0.2) is 4.68 Å². The Balaban J connectivity index is 1.60. The van der Waals surface area contributed by atoms with E-state index >= 15 is 0 Å². The van der Waals surface area contributed by atoms with Gasteiger partial charge in [0, 0.05) is 17.8 Å². The van der Waals surface area contributed by atoms with Gasteiger partial charge in [-0.3, -0.25) is 14.4 Å². The highest BCUT2D eigenvalue weighted by Gasteiger charge is 2.19. The van der Waals surface area contributed by atoms with Gasteiger partial charge >= 0.3 is 0 Å². The van der Waals surface area contributed by atoms with Crippen molar-refractivity contribution in [1.29, 1.82) is 0 Å². The third-order valence-electron chi connectivity index (χ3n) is 4.85. The molecule has 0 aliphatic rings. The summed E-state index contributed by atoms with van der Waals surface area (Å²) in [6.45, 7) is 1.47. The van der Waals surface area contributed by atoms with Gasteiger partial charge < -0.3 is 15.1 Å². The first kappa shape index (κ1) is 19.4. The predicted octanol–water partition coefficient (Wildman–Crippen LogP) is 2.38. The number of furan rings is 1. The molecule has 1 atom stereocenters. The molecule has 0 radical (unpaired) electrons. The maximum absolute atomic E-state index is 12.8. The molecule has 2 N–H and O–H groups in total. The van der Waals surface area contributed by atoms with Crippen LogP contribution in [0.15, 0.2) is 63.8 Å². The molecule has 0 saturated carbocycles. The van der Waals surface area contributed by atoms with Crippen LogP contribution >= 0.6 is 0 Å². The van der Waals surface area contributed by atoms with Crippen molar-refractivity contribution in [3.8, 4) is 0 Å². The molecule has 152 valence electrons. The number of hydrogen-bond donors (Lipinski definition) is 2. The van der Waals surface area contributed by atoms with Crippen molar-refractivity contribution in [2.75, 3.05) is 7.05 Å². The minimum atomic E-state index is -0.440. The summed E-state index contributed by atoms with van der Waals surface area (Å²) in [5.41, 5.74) is 0.381. The molecule has 1 unspecified atom stereocenters. The van der Waals surface area contributed by atoms with Crippen molar-refractivity contribution >= 4 is 33.6 Å². The maximum atomic E-state index is 12.8. The highest BCUT2D eigenvalue weighted by Crippen LogP contribution is 2.23. The van der Waals surface area contributed by atoms with Crippen LogP contribution in [0.3, 0.4) is 0 Å². The summed E-state index contributed by atoms with van der Waals surface area (Å²) in [4.78, 5) is 37.6. The molecule has 4 rings (SSSR count). The Labute approximate surface area is 171 Å². The van der Waals surface area contributed by atoms with Crippen LogP contribution in [0, 0.1) is 0 Å². The van der Waals surface area contributed by atoms with Crippen molar-refractivity contribution in [3.63, 3.8) is 0 Å². The largest absolute Gasteiger partial charge is 0.459 e. The lowest BCUT2D eigenvalue weighted by molar-refractivity contribution is -0.122. The molecule has 30 heavy (non-hydrogen) atoms. The molecular weight excluding hydrogens is 384 g/mol. The zero-order valence-electron chi connectivity index (χ0n) is 16.5. The lowest BCUT2D eigenvalue weighted by Crippen LogP contribution is -2.36. The Hall–Kier alpha value is -3.94. The zero-order valence-corrected chi connectivity index (χ0v) is 16.5. The van der Waals surface area contributed by atoms with Crippen LogP contribution in [0.25, 0.3) is 21.7 Å². The predicted molar refractivity (Wildman–Crippen MR) is 112 cm³/mol. The van der Waals surface area contributed by atoms with Gasteiger partial charge in [0.1, 0.15) is 17.9 Å². The van der Waals surface area contributed by atoms with E-state index in [-0.39, 0.29) is 12.2 Å². The second-order valence-electron chi connectivity index (χ2n) is 6.91. The SMILES string of the molecule is CNC(=O)c1nn(CC(=O)NC(C)c2cc3ccccc3o2)c(=O)c2ccccc12. The van der Waals surface area contributed by atoms with Crippen molar-refractivity contribution in [2.24, 2.45) is 0 Å². The van der Waals surface area contributed by atoms with E-state index in [1.54, 1.807) is 31.2 Å². The smallest absolute Gasteiger partial charge is 0.275 e. The second kappa shape index (κ2) is 7.82. The number of rotatable bonds is 5. The van der Waals surface area contributed by atoms with E-state index in [4.69, 9.17) is 4.42 Å². The Morgan fingerprint density at radius 2 is 1.80 bits per heavy atom. The fourth-order valence-electron chi connectivity index (χ4n) is 3.34. The molecule has 0 bridgehead atoms. The summed E-state index contributed by atoms with van der Waals surface area (Å²) in [6.07, 6.45) is 0. The summed E-state index contributed by atoms with van der Waals surface area (Å²) >= 11 is 0. The van der Waals surface area contributed by atoms with Gasteiger partial charge in [-0.1, -0.05) is 36.4 Å². The number of para-hydroxylation sites is 1. The molecule has 8 nitrogen and oxygen atoms in total. The summed E-state index contributed by atoms with van der Waals surface area (Å²) in [5.74, 6) is -0.249. The summed E-state index contributed by atoms with van der Waals surface area (Å²) < 4.78 is 6.78. The van der Waals surface area contributed by atoms with Crippen LogP contribution < -0.4 is 16.2 Å². The van der Waals surface area contributed by atoms with Gasteiger partial charge in [-0.2, -0.15) is 5.10 Å². The number of amides is 2. The third-order valence-corrected chi connectivity index (χ3v) is 4.85. The molecule has 2 amide bonds. The molecule has 0 spiro atoms. The van der Waals surface area contributed by atoms with Gasteiger partial charge in [0.25, 0.3) is 11.5 Å². The molecule has 0 saturated heterocycles. The number of fused-ring (bicyclic) bond motifs is 2. The van der Waals surface area contributed by atoms with Gasteiger partial charge in [-0.15, -0.1) is 0 Å². The zero-order chi connectivity index (χ0) is 21.3. The molecular formula is C22H20N4O4. The quantitative estimate of drug-likeness (QED) is 0.531. The maximum Gasteiger partial charge on any atom is 0.275 e. The highest BCUT2D eigenvalue weighted by molar-refractivity contribution is 6.04. The fourth-order valence-corrected chi connectivity index (χ4v) is 3.34. The van der Waals surface area contributed by atoms with E-state index in [1.807, 2.05) is 30.3 Å². The van der Waals surface area contributed by atoms with Crippen LogP contribution in [-0.4, -0.2) is 28.6 Å². The monoisotopic (exact) mass is 404 g/mol. The van der Waals surface area contributed by atoms with Crippen LogP contribution in [0.4, 0.5) is 0 Å². The minimum absolute atomic E-state index is 0.0887. The topological polar surface area (TPSA) is 106 Å². The first-order chi connectivity index (χ1) is 14.5. The Bertz CT molecular complexity index is 1290. The molecule has 4 aromatic rings. The van der Waals surface area contributed by atoms with Crippen molar-refractivity contribution in [1.82, 2.24) is 20.4 Å². The minimum Gasteiger partial charge on any atom is -0.459 e. The fraction of sp³-hybridized carbons (Fsp3) is 0.182. The summed E-state index contributed by atoms with van der Waals surface area (Å²) in [6, 6.07) is 15.7. The summed E-state index contributed by atoms with van der Waals surface area (Å²) in [5, 5.41) is 11.2. The van der Waals surface area contributed by atoms with Crippen molar-refractivity contribution in [3.05, 3.63) is 76.4 Å². The van der Waals surface area contributed by atoms with E-state index in [9.17, 15) is 14.4 Å². The van der Waals surface area contributed by atoms with E-state index in [0.29, 0.717) is 16.5 Å². The molecule has 0 fully saturated rings. The number of carbonyl (C=O) groups is 2. The van der Waals surface area contributed by atoms with Gasteiger partial charge in [0.15, 0.2) is 5.69 Å². The number of nitrogens with zero attached hydrogens (tertiary/aromatic N) is 2. The molecule has 2 aromatic heterocycles. The van der Waals surface area contributed by atoms with E-state index in [2.05, 4.69) is 15.7 Å². The van der Waals surface area contributed by atoms with E-state index in [0.717, 1.165) is 15.7 Å². The van der Waals surface area contributed by atoms with E-state index in [1.165, 1.54) is 7.05 Å². The number of nitrogens with one attached hydrogen (secondary N) is 2. The first-order valence-corrected chi connectivity index (χ1v) is 9.47. The van der Waals surface area contributed by atoms with Gasteiger partial charge in [0.05, 0.1) is 11.4 Å². The Morgan fingerprint density at radius 1 is 1.10 bits per heavy atom. The highest BCUT2D eigenvalue weighted by atomic mass is 16.3. The average molecular weight is 404 g/mol. The second-order valence-corrected chi connectivity index (χ2v) is 6.91. The molecule has 2 heterocycles. The number of benzene rings is 2. The van der Waals surface area contributed by atoms with Crippen LogP contribution in [0.5, 0.6) is 0 Å². The summed E-state index contributed by atoms with van der Waals surface area (Å²) in [7, 11) is 1.48. The van der Waals surface area contributed by atoms with Crippen molar-refractivity contribution < 1.29 is 14.0 Å². The molecule has 8 heteroatoms. The van der Waals surface area contributed by atoms with Gasteiger partial charge in [0.2, 0.25) is 5.91 Å². The Kier molecular flexibility index (Phi) is 5.05. The average Bonchev–Trinajstić information content (AvgIpc) is 3.20. The van der Waals surface area contributed by atoms with Crippen LogP contribution in [-0.2, 0) is 11.3 Å². The molecule has 0 aliphatic carbocycles. The normalized spacial score (nSPS) is 12.1. The van der Waals surface area contributed by atoms with Crippen LogP contribution in [0.2, 0.25) is 0 Å². The number of aromatic nitrogens is 2. The number of carbonyl (C=O) groups excluding carboxylic acids is 2. The van der Waals surface area contributed by atoms with Gasteiger partial charge in [-0.05, 0) is 25.1 Å². The lowest BCUT2D eigenvalue weighted by Gasteiger charge is -2.13. The lowest BCUT2D eigenvalue weighted by atomic mass is 10.1. The van der Waals surface area contributed by atoms with Crippen LogP contribution in [0.1, 0.15) is 29.2 Å². The molecule has 0 aliphatic heterocycles. The van der Waals surface area contributed by atoms with E-state index < -0.39 is 23.4 Å². The third kappa shape index (κ3) is 3.55.